The van der Waals surface area contributed by atoms with E-state index in [9.17, 15) is 9.59 Å². The molecule has 2 rings (SSSR count). The number of hydrogen-bond acceptors (Lipinski definition) is 4. The Kier molecular flexibility index (Phi) is 6.64. The fourth-order valence-electron chi connectivity index (χ4n) is 2.54. The summed E-state index contributed by atoms with van der Waals surface area (Å²) < 4.78 is 5.15. The standard InChI is InChI=1S/C15H21N3O3.ClH/c1-9(19)17-13-6-5-12(21-2)8-14(13)18-15(20)10-3-4-11(16)7-10;/h5-6,8,10-11H,3-4,7,16H2,1-2H3,(H,17,19)(H,18,20);1H. The molecule has 0 aliphatic heterocycles. The summed E-state index contributed by atoms with van der Waals surface area (Å²) in [5.41, 5.74) is 6.93. The van der Waals surface area contributed by atoms with Crippen molar-refractivity contribution in [1.29, 1.82) is 0 Å². The van der Waals surface area contributed by atoms with Gasteiger partial charge >= 0.3 is 0 Å². The van der Waals surface area contributed by atoms with Gasteiger partial charge in [0.05, 0.1) is 18.5 Å². The number of carbonyl (C=O) groups excluding carboxylic acids is 2. The highest BCUT2D eigenvalue weighted by Crippen LogP contribution is 2.30. The monoisotopic (exact) mass is 327 g/mol. The highest BCUT2D eigenvalue weighted by Gasteiger charge is 2.28. The maximum atomic E-state index is 12.3. The summed E-state index contributed by atoms with van der Waals surface area (Å²) in [6.45, 7) is 1.42. The van der Waals surface area contributed by atoms with E-state index in [2.05, 4.69) is 10.6 Å². The van der Waals surface area contributed by atoms with Crippen molar-refractivity contribution in [2.75, 3.05) is 17.7 Å². The molecule has 6 nitrogen and oxygen atoms in total. The number of benzene rings is 1. The smallest absolute Gasteiger partial charge is 0.227 e. The topological polar surface area (TPSA) is 93.5 Å². The molecule has 0 radical (unpaired) electrons. The lowest BCUT2D eigenvalue weighted by Crippen LogP contribution is -2.24. The number of ether oxygens (including phenoxy) is 1. The quantitative estimate of drug-likeness (QED) is 0.789. The molecular formula is C15H22ClN3O3. The second kappa shape index (κ2) is 8.00. The van der Waals surface area contributed by atoms with Gasteiger partial charge in [-0.25, -0.2) is 0 Å². The van der Waals surface area contributed by atoms with Gasteiger partial charge in [-0.3, -0.25) is 9.59 Å². The van der Waals surface area contributed by atoms with Crippen LogP contribution in [0.4, 0.5) is 11.4 Å². The predicted octanol–water partition coefficient (Wildman–Crippen LogP) is 2.14. The van der Waals surface area contributed by atoms with E-state index in [0.29, 0.717) is 23.5 Å². The van der Waals surface area contributed by atoms with Gasteiger partial charge in [-0.1, -0.05) is 0 Å². The molecule has 1 aliphatic carbocycles. The maximum absolute atomic E-state index is 12.3. The van der Waals surface area contributed by atoms with Crippen molar-refractivity contribution in [2.24, 2.45) is 11.7 Å². The van der Waals surface area contributed by atoms with Gasteiger partial charge in [0.1, 0.15) is 5.75 Å². The van der Waals surface area contributed by atoms with Gasteiger partial charge in [0.2, 0.25) is 11.8 Å². The third-order valence-corrected chi connectivity index (χ3v) is 3.64. The molecule has 4 N–H and O–H groups in total. The average Bonchev–Trinajstić information content (AvgIpc) is 2.87. The summed E-state index contributed by atoms with van der Waals surface area (Å²) in [6, 6.07) is 5.22. The molecule has 2 atom stereocenters. The Balaban J connectivity index is 0.00000242. The van der Waals surface area contributed by atoms with E-state index < -0.39 is 0 Å². The van der Waals surface area contributed by atoms with Crippen LogP contribution in [0.3, 0.4) is 0 Å². The number of amides is 2. The summed E-state index contributed by atoms with van der Waals surface area (Å²) in [4.78, 5) is 23.5. The molecule has 0 heterocycles. The fraction of sp³-hybridized carbons (Fsp3) is 0.467. The first-order valence-electron chi connectivity index (χ1n) is 7.01. The van der Waals surface area contributed by atoms with E-state index in [1.165, 1.54) is 6.92 Å². The van der Waals surface area contributed by atoms with Crippen molar-refractivity contribution in [3.05, 3.63) is 18.2 Å². The molecule has 1 saturated carbocycles. The van der Waals surface area contributed by atoms with Crippen molar-refractivity contribution >= 4 is 35.6 Å². The van der Waals surface area contributed by atoms with Gasteiger partial charge in [-0.05, 0) is 31.4 Å². The third kappa shape index (κ3) is 4.61. The summed E-state index contributed by atoms with van der Waals surface area (Å²) in [6.07, 6.45) is 2.37. The lowest BCUT2D eigenvalue weighted by Gasteiger charge is -2.15. The van der Waals surface area contributed by atoms with Gasteiger partial charge in [0.15, 0.2) is 0 Å². The van der Waals surface area contributed by atoms with Crippen LogP contribution in [0.15, 0.2) is 18.2 Å². The number of rotatable bonds is 4. The molecule has 1 fully saturated rings. The van der Waals surface area contributed by atoms with Gasteiger partial charge in [0, 0.05) is 24.9 Å². The number of nitrogens with one attached hydrogen (secondary N) is 2. The molecule has 2 unspecified atom stereocenters. The molecule has 0 aromatic heterocycles. The van der Waals surface area contributed by atoms with E-state index in [-0.39, 0.29) is 36.2 Å². The van der Waals surface area contributed by atoms with E-state index in [1.807, 2.05) is 0 Å². The zero-order valence-electron chi connectivity index (χ0n) is 12.7. The number of methoxy groups -OCH3 is 1. The Morgan fingerprint density at radius 3 is 2.50 bits per heavy atom. The van der Waals surface area contributed by atoms with Crippen LogP contribution in [0.1, 0.15) is 26.2 Å². The van der Waals surface area contributed by atoms with Crippen molar-refractivity contribution in [3.8, 4) is 5.75 Å². The fourth-order valence-corrected chi connectivity index (χ4v) is 2.54. The van der Waals surface area contributed by atoms with Gasteiger partial charge in [-0.2, -0.15) is 0 Å². The molecular weight excluding hydrogens is 306 g/mol. The minimum atomic E-state index is -0.196. The summed E-state index contributed by atoms with van der Waals surface area (Å²) in [5, 5.41) is 5.56. The first kappa shape index (κ1) is 18.3. The molecule has 2 amide bonds. The van der Waals surface area contributed by atoms with Crippen LogP contribution in [-0.4, -0.2) is 25.0 Å². The van der Waals surface area contributed by atoms with Crippen molar-refractivity contribution in [1.82, 2.24) is 0 Å². The molecule has 0 saturated heterocycles. The van der Waals surface area contributed by atoms with Crippen LogP contribution in [0.25, 0.3) is 0 Å². The summed E-state index contributed by atoms with van der Waals surface area (Å²) >= 11 is 0. The van der Waals surface area contributed by atoms with Gasteiger partial charge in [-0.15, -0.1) is 12.4 Å². The number of halogens is 1. The molecule has 1 aromatic rings. The van der Waals surface area contributed by atoms with Crippen molar-refractivity contribution in [3.63, 3.8) is 0 Å². The van der Waals surface area contributed by atoms with Gasteiger partial charge in [0.25, 0.3) is 0 Å². The van der Waals surface area contributed by atoms with Crippen LogP contribution in [0.5, 0.6) is 5.75 Å². The number of hydrogen-bond donors (Lipinski definition) is 3. The lowest BCUT2D eigenvalue weighted by molar-refractivity contribution is -0.119. The van der Waals surface area contributed by atoms with Crippen LogP contribution < -0.4 is 21.1 Å². The van der Waals surface area contributed by atoms with E-state index in [1.54, 1.807) is 25.3 Å². The Hall–Kier alpha value is -1.79. The third-order valence-electron chi connectivity index (χ3n) is 3.64. The molecule has 1 aromatic carbocycles. The predicted molar refractivity (Wildman–Crippen MR) is 88.5 cm³/mol. The Morgan fingerprint density at radius 1 is 1.23 bits per heavy atom. The minimum absolute atomic E-state index is 0. The molecule has 122 valence electrons. The van der Waals surface area contributed by atoms with E-state index >= 15 is 0 Å². The zero-order chi connectivity index (χ0) is 15.4. The van der Waals surface area contributed by atoms with Crippen LogP contribution in [0, 0.1) is 5.92 Å². The number of nitrogens with two attached hydrogens (primary N) is 1. The number of carbonyl (C=O) groups is 2. The molecule has 0 bridgehead atoms. The zero-order valence-corrected chi connectivity index (χ0v) is 13.5. The Labute approximate surface area is 136 Å². The second-order valence-electron chi connectivity index (χ2n) is 5.35. The van der Waals surface area contributed by atoms with E-state index in [4.69, 9.17) is 10.5 Å². The number of anilines is 2. The minimum Gasteiger partial charge on any atom is -0.497 e. The average molecular weight is 328 g/mol. The Bertz CT molecular complexity index is 551. The summed E-state index contributed by atoms with van der Waals surface area (Å²) in [7, 11) is 1.55. The molecule has 7 heteroatoms. The second-order valence-corrected chi connectivity index (χ2v) is 5.35. The van der Waals surface area contributed by atoms with Crippen LogP contribution >= 0.6 is 12.4 Å². The van der Waals surface area contributed by atoms with Crippen LogP contribution in [0.2, 0.25) is 0 Å². The van der Waals surface area contributed by atoms with Gasteiger partial charge < -0.3 is 21.1 Å². The molecule has 22 heavy (non-hydrogen) atoms. The molecule has 0 spiro atoms. The van der Waals surface area contributed by atoms with Crippen LogP contribution in [-0.2, 0) is 9.59 Å². The highest BCUT2D eigenvalue weighted by atomic mass is 35.5. The highest BCUT2D eigenvalue weighted by molar-refractivity contribution is 6.00. The van der Waals surface area contributed by atoms with Crippen molar-refractivity contribution < 1.29 is 14.3 Å². The summed E-state index contributed by atoms with van der Waals surface area (Å²) in [5.74, 6) is 0.278. The first-order chi connectivity index (χ1) is 9.99. The largest absolute Gasteiger partial charge is 0.497 e. The SMILES string of the molecule is COc1ccc(NC(C)=O)c(NC(=O)C2CCC(N)C2)c1.Cl. The maximum Gasteiger partial charge on any atom is 0.227 e. The van der Waals surface area contributed by atoms with Crippen molar-refractivity contribution in [2.45, 2.75) is 32.2 Å². The Morgan fingerprint density at radius 2 is 1.95 bits per heavy atom. The van der Waals surface area contributed by atoms with E-state index in [0.717, 1.165) is 12.8 Å². The molecule has 1 aliphatic rings. The normalized spacial score (nSPS) is 20.0. The first-order valence-corrected chi connectivity index (χ1v) is 7.01. The lowest BCUT2D eigenvalue weighted by atomic mass is 10.1.